The van der Waals surface area contributed by atoms with Crippen molar-refractivity contribution in [3.8, 4) is 11.3 Å². The highest BCUT2D eigenvalue weighted by Crippen LogP contribution is 2.29. The van der Waals surface area contributed by atoms with Crippen LogP contribution in [0, 0.1) is 0 Å². The maximum Gasteiger partial charge on any atom is 0.131 e. The van der Waals surface area contributed by atoms with Gasteiger partial charge in [-0.15, -0.1) is 0 Å². The molecule has 3 aromatic rings. The zero-order valence-electron chi connectivity index (χ0n) is 9.46. The second-order valence-corrected chi connectivity index (χ2v) is 3.97. The van der Waals surface area contributed by atoms with E-state index >= 15 is 0 Å². The van der Waals surface area contributed by atoms with Crippen LogP contribution in [0.1, 0.15) is 0 Å². The van der Waals surface area contributed by atoms with Crippen molar-refractivity contribution in [2.24, 2.45) is 7.05 Å². The number of imidazole rings is 1. The number of pyridine rings is 1. The topological polar surface area (TPSA) is 56.7 Å². The third-order valence-electron chi connectivity index (χ3n) is 2.87. The lowest BCUT2D eigenvalue weighted by Crippen LogP contribution is -1.96. The van der Waals surface area contributed by atoms with Crippen molar-refractivity contribution in [2.45, 2.75) is 0 Å². The van der Waals surface area contributed by atoms with E-state index in [0.29, 0.717) is 5.82 Å². The lowest BCUT2D eigenvalue weighted by atomic mass is 10.1. The van der Waals surface area contributed by atoms with Gasteiger partial charge in [-0.25, -0.2) is 4.98 Å². The molecule has 0 bridgehead atoms. The minimum atomic E-state index is 0.656. The van der Waals surface area contributed by atoms with Gasteiger partial charge in [-0.3, -0.25) is 4.98 Å². The molecule has 0 aliphatic rings. The first kappa shape index (κ1) is 9.84. The van der Waals surface area contributed by atoms with Crippen LogP contribution in [0.2, 0.25) is 0 Å². The smallest absolute Gasteiger partial charge is 0.131 e. The molecular weight excluding hydrogens is 212 g/mol. The first-order valence-electron chi connectivity index (χ1n) is 5.38. The highest BCUT2D eigenvalue weighted by molar-refractivity contribution is 5.94. The Morgan fingerprint density at radius 3 is 2.71 bits per heavy atom. The van der Waals surface area contributed by atoms with Crippen molar-refractivity contribution in [3.05, 3.63) is 42.9 Å². The fraction of sp³-hybridized carbons (Fsp3) is 0.0769. The molecular formula is C13H12N4. The molecule has 4 heteroatoms. The number of nitrogens with two attached hydrogens (primary N) is 1. The van der Waals surface area contributed by atoms with Crippen LogP contribution in [-0.2, 0) is 7.05 Å². The first-order chi connectivity index (χ1) is 8.27. The zero-order chi connectivity index (χ0) is 11.8. The van der Waals surface area contributed by atoms with Crippen LogP contribution in [0.4, 0.5) is 5.82 Å². The highest BCUT2D eigenvalue weighted by Gasteiger charge is 2.11. The number of para-hydroxylation sites is 1. The van der Waals surface area contributed by atoms with E-state index in [9.17, 15) is 0 Å². The van der Waals surface area contributed by atoms with Crippen LogP contribution in [0.25, 0.3) is 22.2 Å². The van der Waals surface area contributed by atoms with E-state index < -0.39 is 0 Å². The minimum absolute atomic E-state index is 0.656. The Hall–Kier alpha value is -2.36. The van der Waals surface area contributed by atoms with E-state index in [1.807, 2.05) is 37.4 Å². The van der Waals surface area contributed by atoms with Gasteiger partial charge in [0.2, 0.25) is 0 Å². The Labute approximate surface area is 98.7 Å². The fourth-order valence-electron chi connectivity index (χ4n) is 1.94. The van der Waals surface area contributed by atoms with Crippen LogP contribution >= 0.6 is 0 Å². The molecule has 0 aliphatic heterocycles. The van der Waals surface area contributed by atoms with Gasteiger partial charge in [0.15, 0.2) is 0 Å². The molecule has 0 spiro atoms. The number of nitrogen functional groups attached to an aromatic ring is 1. The molecule has 0 saturated heterocycles. The van der Waals surface area contributed by atoms with E-state index in [4.69, 9.17) is 5.73 Å². The van der Waals surface area contributed by atoms with Crippen molar-refractivity contribution in [1.82, 2.24) is 14.5 Å². The summed E-state index contributed by atoms with van der Waals surface area (Å²) in [6.07, 6.45) is 3.50. The number of hydrogen-bond acceptors (Lipinski definition) is 3. The summed E-state index contributed by atoms with van der Waals surface area (Å²) in [6, 6.07) is 9.98. The molecule has 0 radical (unpaired) electrons. The van der Waals surface area contributed by atoms with Crippen molar-refractivity contribution in [1.29, 1.82) is 0 Å². The third-order valence-corrected chi connectivity index (χ3v) is 2.87. The van der Waals surface area contributed by atoms with E-state index in [2.05, 4.69) is 9.97 Å². The second kappa shape index (κ2) is 3.59. The predicted octanol–water partition coefficient (Wildman–Crippen LogP) is 2.22. The Kier molecular flexibility index (Phi) is 2.08. The molecule has 0 saturated carbocycles. The lowest BCUT2D eigenvalue weighted by molar-refractivity contribution is 0.925. The van der Waals surface area contributed by atoms with Crippen LogP contribution in [-0.4, -0.2) is 14.5 Å². The van der Waals surface area contributed by atoms with Gasteiger partial charge in [-0.1, -0.05) is 24.3 Å². The largest absolute Gasteiger partial charge is 0.383 e. The Bertz CT molecular complexity index is 679. The predicted molar refractivity (Wildman–Crippen MR) is 68.4 cm³/mol. The van der Waals surface area contributed by atoms with Crippen molar-refractivity contribution < 1.29 is 0 Å². The molecule has 3 rings (SSSR count). The van der Waals surface area contributed by atoms with E-state index in [1.165, 1.54) is 0 Å². The molecule has 0 aliphatic carbocycles. The summed E-state index contributed by atoms with van der Waals surface area (Å²) in [5, 5.41) is 1.09. The number of aromatic nitrogens is 3. The molecule has 2 N–H and O–H groups in total. The van der Waals surface area contributed by atoms with Gasteiger partial charge < -0.3 is 10.3 Å². The highest BCUT2D eigenvalue weighted by atomic mass is 15.1. The summed E-state index contributed by atoms with van der Waals surface area (Å²) in [6.45, 7) is 0. The normalized spacial score (nSPS) is 10.9. The summed E-state index contributed by atoms with van der Waals surface area (Å²) in [7, 11) is 1.88. The molecule has 0 atom stereocenters. The number of rotatable bonds is 1. The number of anilines is 1. The Balaban J connectivity index is 2.34. The minimum Gasteiger partial charge on any atom is -0.383 e. The summed E-state index contributed by atoms with van der Waals surface area (Å²) in [4.78, 5) is 8.74. The van der Waals surface area contributed by atoms with Gasteiger partial charge in [0.05, 0.1) is 11.8 Å². The zero-order valence-corrected chi connectivity index (χ0v) is 9.46. The Morgan fingerprint density at radius 1 is 1.12 bits per heavy atom. The van der Waals surface area contributed by atoms with E-state index in [0.717, 1.165) is 22.2 Å². The number of benzene rings is 1. The molecule has 4 nitrogen and oxygen atoms in total. The average Bonchev–Trinajstić information content (AvgIpc) is 2.69. The number of nitrogens with zero attached hydrogens (tertiary/aromatic N) is 3. The van der Waals surface area contributed by atoms with Gasteiger partial charge in [0.1, 0.15) is 11.5 Å². The Morgan fingerprint density at radius 2 is 1.94 bits per heavy atom. The van der Waals surface area contributed by atoms with Crippen LogP contribution in [0.15, 0.2) is 42.9 Å². The molecule has 1 aromatic carbocycles. The van der Waals surface area contributed by atoms with Crippen molar-refractivity contribution in [2.75, 3.05) is 5.73 Å². The molecule has 0 fully saturated rings. The fourth-order valence-corrected chi connectivity index (χ4v) is 1.94. The quantitative estimate of drug-likeness (QED) is 0.689. The standard InChI is InChI=1S/C13H12N4/c1-17-8-16-12(13(17)14)10-6-2-4-9-5-3-7-15-11(9)10/h2-8H,14H2,1H3. The molecule has 17 heavy (non-hydrogen) atoms. The monoisotopic (exact) mass is 224 g/mol. The van der Waals surface area contributed by atoms with Gasteiger partial charge in [-0.2, -0.15) is 0 Å². The number of fused-ring (bicyclic) bond motifs is 1. The number of hydrogen-bond donors (Lipinski definition) is 1. The molecule has 0 amide bonds. The van der Waals surface area contributed by atoms with Crippen molar-refractivity contribution >= 4 is 16.7 Å². The lowest BCUT2D eigenvalue weighted by Gasteiger charge is -2.04. The van der Waals surface area contributed by atoms with E-state index in [-0.39, 0.29) is 0 Å². The third kappa shape index (κ3) is 1.45. The average molecular weight is 224 g/mol. The summed E-state index contributed by atoms with van der Waals surface area (Å²) in [5.41, 5.74) is 8.69. The maximum absolute atomic E-state index is 6.00. The summed E-state index contributed by atoms with van der Waals surface area (Å²) >= 11 is 0. The van der Waals surface area contributed by atoms with Crippen LogP contribution in [0.5, 0.6) is 0 Å². The van der Waals surface area contributed by atoms with Gasteiger partial charge in [0, 0.05) is 24.2 Å². The SMILES string of the molecule is Cn1cnc(-c2cccc3cccnc23)c1N. The van der Waals surface area contributed by atoms with Gasteiger partial charge >= 0.3 is 0 Å². The molecule has 2 aromatic heterocycles. The molecule has 84 valence electrons. The van der Waals surface area contributed by atoms with Crippen LogP contribution in [0.3, 0.4) is 0 Å². The van der Waals surface area contributed by atoms with Gasteiger partial charge in [-0.05, 0) is 6.07 Å². The summed E-state index contributed by atoms with van der Waals surface area (Å²) < 4.78 is 1.80. The van der Waals surface area contributed by atoms with Crippen LogP contribution < -0.4 is 5.73 Å². The van der Waals surface area contributed by atoms with E-state index in [1.54, 1.807) is 17.1 Å². The molecule has 2 heterocycles. The van der Waals surface area contributed by atoms with Gasteiger partial charge in [0.25, 0.3) is 0 Å². The number of aryl methyl sites for hydroxylation is 1. The first-order valence-corrected chi connectivity index (χ1v) is 5.38. The summed E-state index contributed by atoms with van der Waals surface area (Å²) in [5.74, 6) is 0.656. The second-order valence-electron chi connectivity index (χ2n) is 3.97. The maximum atomic E-state index is 6.00. The molecule has 0 unspecified atom stereocenters. The van der Waals surface area contributed by atoms with Crippen molar-refractivity contribution in [3.63, 3.8) is 0 Å².